The van der Waals surface area contributed by atoms with E-state index >= 15 is 0 Å². The molecule has 1 fully saturated rings. The maximum atomic E-state index is 9.90. The topological polar surface area (TPSA) is 32.7 Å². The second-order valence-electron chi connectivity index (χ2n) is 5.24. The molecule has 1 saturated heterocycles. The van der Waals surface area contributed by atoms with Crippen molar-refractivity contribution < 1.29 is 9.94 Å². The Morgan fingerprint density at radius 3 is 2.31 bits per heavy atom. The normalized spacial score (nSPS) is 33.2. The first-order valence-corrected chi connectivity index (χ1v) is 4.79. The quantitative estimate of drug-likeness (QED) is 0.674. The zero-order chi connectivity index (χ0) is 10.3. The number of piperidine rings is 1. The smallest absolute Gasteiger partial charge is 0.0622 e. The number of hydrogen-bond acceptors (Lipinski definition) is 3. The molecule has 0 aliphatic carbocycles. The lowest BCUT2D eigenvalue weighted by atomic mass is 9.75. The molecule has 1 unspecified atom stereocenters. The molecule has 1 N–H and O–H groups in total. The third-order valence-electron chi connectivity index (χ3n) is 3.04. The van der Waals surface area contributed by atoms with E-state index < -0.39 is 0 Å². The van der Waals surface area contributed by atoms with E-state index in [1.54, 1.807) is 7.11 Å². The van der Waals surface area contributed by atoms with E-state index in [1.807, 2.05) is 5.06 Å². The van der Waals surface area contributed by atoms with Crippen LogP contribution in [0.25, 0.3) is 0 Å². The molecule has 3 nitrogen and oxygen atoms in total. The number of rotatable bonds is 1. The highest BCUT2D eigenvalue weighted by Crippen LogP contribution is 2.37. The van der Waals surface area contributed by atoms with Crippen LogP contribution < -0.4 is 0 Å². The van der Waals surface area contributed by atoms with Crippen LogP contribution in [-0.4, -0.2) is 35.5 Å². The summed E-state index contributed by atoms with van der Waals surface area (Å²) in [4.78, 5) is 5.31. The van der Waals surface area contributed by atoms with Crippen LogP contribution >= 0.6 is 0 Å². The molecular weight excluding hydrogens is 166 g/mol. The van der Waals surface area contributed by atoms with Gasteiger partial charge in [0.1, 0.15) is 0 Å². The maximum absolute atomic E-state index is 9.90. The Hall–Kier alpha value is -0.120. The van der Waals surface area contributed by atoms with Gasteiger partial charge in [-0.2, -0.15) is 5.06 Å². The monoisotopic (exact) mass is 187 g/mol. The Balaban J connectivity index is 2.79. The summed E-state index contributed by atoms with van der Waals surface area (Å²) in [6.07, 6.45) is 0.516. The summed E-state index contributed by atoms with van der Waals surface area (Å²) in [5.74, 6) is 0. The number of aliphatic hydroxyl groups excluding tert-OH is 1. The molecule has 1 atom stereocenters. The summed E-state index contributed by atoms with van der Waals surface area (Å²) >= 11 is 0. The van der Waals surface area contributed by atoms with E-state index in [1.165, 1.54) is 0 Å². The van der Waals surface area contributed by atoms with Crippen LogP contribution in [0.3, 0.4) is 0 Å². The Kier molecular flexibility index (Phi) is 2.72. The van der Waals surface area contributed by atoms with E-state index in [2.05, 4.69) is 27.7 Å². The highest BCUT2D eigenvalue weighted by molar-refractivity contribution is 4.94. The highest BCUT2D eigenvalue weighted by atomic mass is 16.7. The Labute approximate surface area is 80.6 Å². The van der Waals surface area contributed by atoms with Crippen molar-refractivity contribution in [3.63, 3.8) is 0 Å². The molecule has 1 heterocycles. The minimum atomic E-state index is -0.242. The largest absolute Gasteiger partial charge is 0.392 e. The van der Waals surface area contributed by atoms with Crippen LogP contribution in [0.2, 0.25) is 0 Å². The molecule has 13 heavy (non-hydrogen) atoms. The first-order chi connectivity index (χ1) is 5.79. The maximum Gasteiger partial charge on any atom is 0.0622 e. The first kappa shape index (κ1) is 11.0. The number of hydrogen-bond donors (Lipinski definition) is 1. The fraction of sp³-hybridized carbons (Fsp3) is 1.00. The van der Waals surface area contributed by atoms with Gasteiger partial charge < -0.3 is 9.94 Å². The molecule has 0 amide bonds. The first-order valence-electron chi connectivity index (χ1n) is 4.79. The zero-order valence-corrected chi connectivity index (χ0v) is 9.29. The number of nitrogens with zero attached hydrogens (tertiary/aromatic N) is 1. The van der Waals surface area contributed by atoms with Crippen molar-refractivity contribution in [3.05, 3.63) is 0 Å². The third-order valence-corrected chi connectivity index (χ3v) is 3.04. The Bertz CT molecular complexity index is 189. The molecule has 1 rings (SSSR count). The molecule has 1 aliphatic heterocycles. The van der Waals surface area contributed by atoms with Crippen LogP contribution in [0.4, 0.5) is 0 Å². The standard InChI is InChI=1S/C10H21NO2/c1-9(2)7-11(13-5)10(3,4)6-8(9)12/h8,12H,6-7H2,1-5H3. The number of hydroxylamine groups is 2. The van der Waals surface area contributed by atoms with Gasteiger partial charge in [-0.25, -0.2) is 0 Å². The minimum Gasteiger partial charge on any atom is -0.392 e. The van der Waals surface area contributed by atoms with Crippen molar-refractivity contribution in [1.82, 2.24) is 5.06 Å². The summed E-state index contributed by atoms with van der Waals surface area (Å²) in [5, 5.41) is 11.9. The zero-order valence-electron chi connectivity index (χ0n) is 9.29. The fourth-order valence-corrected chi connectivity index (χ4v) is 1.85. The van der Waals surface area contributed by atoms with Gasteiger partial charge in [-0.1, -0.05) is 13.8 Å². The van der Waals surface area contributed by atoms with Gasteiger partial charge in [-0.05, 0) is 20.3 Å². The molecule has 0 bridgehead atoms. The van der Waals surface area contributed by atoms with Gasteiger partial charge >= 0.3 is 0 Å². The molecular formula is C10H21NO2. The summed E-state index contributed by atoms with van der Waals surface area (Å²) in [6.45, 7) is 9.10. The van der Waals surface area contributed by atoms with E-state index in [0.29, 0.717) is 0 Å². The van der Waals surface area contributed by atoms with Crippen LogP contribution in [0.15, 0.2) is 0 Å². The average Bonchev–Trinajstić information content (AvgIpc) is 1.97. The Morgan fingerprint density at radius 2 is 1.85 bits per heavy atom. The van der Waals surface area contributed by atoms with Crippen molar-refractivity contribution in [1.29, 1.82) is 0 Å². The second kappa shape index (κ2) is 3.23. The fourth-order valence-electron chi connectivity index (χ4n) is 1.85. The van der Waals surface area contributed by atoms with E-state index in [-0.39, 0.29) is 17.1 Å². The lowest BCUT2D eigenvalue weighted by Gasteiger charge is -2.49. The summed E-state index contributed by atoms with van der Waals surface area (Å²) in [6, 6.07) is 0. The van der Waals surface area contributed by atoms with E-state index in [0.717, 1.165) is 13.0 Å². The van der Waals surface area contributed by atoms with Crippen molar-refractivity contribution in [3.8, 4) is 0 Å². The summed E-state index contributed by atoms with van der Waals surface area (Å²) in [7, 11) is 1.69. The van der Waals surface area contributed by atoms with Crippen LogP contribution in [0.5, 0.6) is 0 Å². The van der Waals surface area contributed by atoms with Crippen molar-refractivity contribution >= 4 is 0 Å². The van der Waals surface area contributed by atoms with Gasteiger partial charge in [0, 0.05) is 17.5 Å². The molecule has 3 heteroatoms. The van der Waals surface area contributed by atoms with Crippen molar-refractivity contribution in [2.24, 2.45) is 5.41 Å². The summed E-state index contributed by atoms with van der Waals surface area (Å²) < 4.78 is 0. The van der Waals surface area contributed by atoms with Gasteiger partial charge in [0.2, 0.25) is 0 Å². The van der Waals surface area contributed by atoms with Crippen LogP contribution in [-0.2, 0) is 4.84 Å². The molecule has 0 aromatic rings. The van der Waals surface area contributed by atoms with E-state index in [4.69, 9.17) is 4.84 Å². The van der Waals surface area contributed by atoms with Gasteiger partial charge in [-0.15, -0.1) is 0 Å². The molecule has 1 aliphatic rings. The Morgan fingerprint density at radius 1 is 1.31 bits per heavy atom. The van der Waals surface area contributed by atoms with E-state index in [9.17, 15) is 5.11 Å². The molecule has 0 radical (unpaired) electrons. The molecule has 0 spiro atoms. The molecule has 0 aromatic heterocycles. The average molecular weight is 187 g/mol. The summed E-state index contributed by atoms with van der Waals surface area (Å²) in [5.41, 5.74) is -0.144. The van der Waals surface area contributed by atoms with Crippen LogP contribution in [0, 0.1) is 5.41 Å². The highest BCUT2D eigenvalue weighted by Gasteiger charge is 2.44. The third kappa shape index (κ3) is 2.03. The van der Waals surface area contributed by atoms with Crippen molar-refractivity contribution in [2.75, 3.05) is 13.7 Å². The van der Waals surface area contributed by atoms with Gasteiger partial charge in [0.25, 0.3) is 0 Å². The van der Waals surface area contributed by atoms with Crippen molar-refractivity contribution in [2.45, 2.75) is 45.8 Å². The minimum absolute atomic E-state index is 0.0658. The van der Waals surface area contributed by atoms with Gasteiger partial charge in [0.05, 0.1) is 13.2 Å². The molecule has 0 saturated carbocycles. The SMILES string of the molecule is CON1CC(C)(C)C(O)CC1(C)C. The molecule has 0 aromatic carbocycles. The predicted molar refractivity (Wildman–Crippen MR) is 52.2 cm³/mol. The number of aliphatic hydroxyl groups is 1. The second-order valence-corrected chi connectivity index (χ2v) is 5.24. The lowest BCUT2D eigenvalue weighted by molar-refractivity contribution is -0.248. The lowest BCUT2D eigenvalue weighted by Crippen LogP contribution is -2.58. The predicted octanol–water partition coefficient (Wildman–Crippen LogP) is 1.42. The molecule has 78 valence electrons. The van der Waals surface area contributed by atoms with Crippen LogP contribution in [0.1, 0.15) is 34.1 Å². The van der Waals surface area contributed by atoms with Gasteiger partial charge in [-0.3, -0.25) is 0 Å². The van der Waals surface area contributed by atoms with Gasteiger partial charge in [0.15, 0.2) is 0 Å².